The van der Waals surface area contributed by atoms with Crippen molar-refractivity contribution in [2.24, 2.45) is 5.73 Å². The lowest BCUT2D eigenvalue weighted by Gasteiger charge is -2.32. The molecule has 0 spiro atoms. The summed E-state index contributed by atoms with van der Waals surface area (Å²) < 4.78 is 1.86. The van der Waals surface area contributed by atoms with Crippen molar-refractivity contribution in [3.63, 3.8) is 0 Å². The molecule has 1 aliphatic rings. The van der Waals surface area contributed by atoms with Gasteiger partial charge in [0.1, 0.15) is 5.69 Å². The van der Waals surface area contributed by atoms with Crippen LogP contribution in [0.2, 0.25) is 0 Å². The number of carbonyl (C=O) groups excluding carboxylic acids is 2. The Morgan fingerprint density at radius 3 is 2.88 bits per heavy atom. The number of nitrogens with zero attached hydrogens (tertiary/aromatic N) is 4. The van der Waals surface area contributed by atoms with Crippen LogP contribution < -0.4 is 5.73 Å². The number of rotatable bonds is 5. The second kappa shape index (κ2) is 7.08. The van der Waals surface area contributed by atoms with Crippen molar-refractivity contribution < 1.29 is 9.59 Å². The highest BCUT2D eigenvalue weighted by molar-refractivity contribution is 5.90. The molecule has 134 valence electrons. The number of hydrogen-bond acceptors (Lipinski definition) is 4. The number of hydrogen-bond donors (Lipinski definition) is 2. The highest BCUT2D eigenvalue weighted by Gasteiger charge is 2.26. The summed E-state index contributed by atoms with van der Waals surface area (Å²) in [5.74, 6) is -0.327. The molecule has 3 heterocycles. The molecule has 2 aromatic heterocycles. The molecule has 3 N–H and O–H groups in total. The molecule has 3 rings (SSSR count). The average Bonchev–Trinajstić information content (AvgIpc) is 3.24. The van der Waals surface area contributed by atoms with Crippen LogP contribution in [0.5, 0.6) is 0 Å². The van der Waals surface area contributed by atoms with E-state index < -0.39 is 5.91 Å². The third kappa shape index (κ3) is 3.89. The van der Waals surface area contributed by atoms with E-state index in [1.165, 1.54) is 0 Å². The largest absolute Gasteiger partial charge is 0.364 e. The van der Waals surface area contributed by atoms with Gasteiger partial charge in [-0.2, -0.15) is 10.2 Å². The predicted octanol–water partition coefficient (Wildman–Crippen LogP) is 1.23. The lowest BCUT2D eigenvalue weighted by molar-refractivity contribution is -0.131. The number of amides is 2. The molecule has 8 nitrogen and oxygen atoms in total. The van der Waals surface area contributed by atoms with E-state index in [1.807, 2.05) is 21.8 Å². The number of nitrogens with two attached hydrogens (primary N) is 1. The maximum atomic E-state index is 12.6. The lowest BCUT2D eigenvalue weighted by atomic mass is 9.94. The molecular weight excluding hydrogens is 320 g/mol. The number of H-pyrrole nitrogens is 1. The SMILES string of the molecule is CC(C)n1ccc(CC(=O)N2CCCC(c3cc(C(N)=O)n[nH]3)C2)n1. The minimum absolute atomic E-state index is 0.0772. The molecule has 8 heteroatoms. The minimum atomic E-state index is -0.549. The third-order valence-corrected chi connectivity index (χ3v) is 4.59. The molecular formula is C17H24N6O2. The molecule has 0 saturated carbocycles. The van der Waals surface area contributed by atoms with Crippen LogP contribution in [0.4, 0.5) is 0 Å². The van der Waals surface area contributed by atoms with Crippen molar-refractivity contribution in [3.8, 4) is 0 Å². The summed E-state index contributed by atoms with van der Waals surface area (Å²) in [6.07, 6.45) is 4.08. The zero-order valence-corrected chi connectivity index (χ0v) is 14.6. The Morgan fingerprint density at radius 2 is 2.24 bits per heavy atom. The highest BCUT2D eigenvalue weighted by atomic mass is 16.2. The van der Waals surface area contributed by atoms with Crippen LogP contribution in [0.15, 0.2) is 18.3 Å². The Bertz CT molecular complexity index is 763. The van der Waals surface area contributed by atoms with Crippen molar-refractivity contribution in [1.82, 2.24) is 24.9 Å². The van der Waals surface area contributed by atoms with Gasteiger partial charge in [0.2, 0.25) is 5.91 Å². The quantitative estimate of drug-likeness (QED) is 0.850. The fraction of sp³-hybridized carbons (Fsp3) is 0.529. The van der Waals surface area contributed by atoms with Gasteiger partial charge in [0.15, 0.2) is 0 Å². The van der Waals surface area contributed by atoms with Gasteiger partial charge in [0, 0.05) is 36.9 Å². The number of piperidine rings is 1. The van der Waals surface area contributed by atoms with Crippen LogP contribution in [0.25, 0.3) is 0 Å². The Kier molecular flexibility index (Phi) is 4.87. The van der Waals surface area contributed by atoms with E-state index in [4.69, 9.17) is 5.73 Å². The second-order valence-electron chi connectivity index (χ2n) is 6.81. The Morgan fingerprint density at radius 1 is 1.44 bits per heavy atom. The van der Waals surface area contributed by atoms with Crippen LogP contribution >= 0.6 is 0 Å². The summed E-state index contributed by atoms with van der Waals surface area (Å²) in [5.41, 5.74) is 7.13. The first-order valence-electron chi connectivity index (χ1n) is 8.61. The maximum absolute atomic E-state index is 12.6. The van der Waals surface area contributed by atoms with Gasteiger partial charge in [-0.25, -0.2) is 0 Å². The van der Waals surface area contributed by atoms with Gasteiger partial charge in [-0.1, -0.05) is 0 Å². The van der Waals surface area contributed by atoms with Gasteiger partial charge in [0.25, 0.3) is 5.91 Å². The summed E-state index contributed by atoms with van der Waals surface area (Å²) in [4.78, 5) is 25.7. The fourth-order valence-corrected chi connectivity index (χ4v) is 3.16. The van der Waals surface area contributed by atoms with E-state index >= 15 is 0 Å². The van der Waals surface area contributed by atoms with Gasteiger partial charge in [-0.15, -0.1) is 0 Å². The van der Waals surface area contributed by atoms with Gasteiger partial charge in [-0.05, 0) is 38.8 Å². The number of nitrogens with one attached hydrogen (secondary N) is 1. The van der Waals surface area contributed by atoms with Crippen LogP contribution in [0.1, 0.15) is 60.5 Å². The van der Waals surface area contributed by atoms with Gasteiger partial charge in [-0.3, -0.25) is 19.4 Å². The van der Waals surface area contributed by atoms with Gasteiger partial charge >= 0.3 is 0 Å². The first kappa shape index (κ1) is 17.2. The number of aromatic nitrogens is 4. The van der Waals surface area contributed by atoms with Crippen LogP contribution in [-0.2, 0) is 11.2 Å². The van der Waals surface area contributed by atoms with Gasteiger partial charge < -0.3 is 10.6 Å². The molecule has 2 aromatic rings. The van der Waals surface area contributed by atoms with Crippen molar-refractivity contribution in [3.05, 3.63) is 35.4 Å². The summed E-state index contributed by atoms with van der Waals surface area (Å²) in [6, 6.07) is 3.86. The molecule has 1 atom stereocenters. The van der Waals surface area contributed by atoms with E-state index in [9.17, 15) is 9.59 Å². The fourth-order valence-electron chi connectivity index (χ4n) is 3.16. The molecule has 2 amide bonds. The molecule has 0 radical (unpaired) electrons. The van der Waals surface area contributed by atoms with Crippen molar-refractivity contribution in [1.29, 1.82) is 0 Å². The smallest absolute Gasteiger partial charge is 0.269 e. The molecule has 1 saturated heterocycles. The minimum Gasteiger partial charge on any atom is -0.364 e. The Balaban J connectivity index is 1.63. The third-order valence-electron chi connectivity index (χ3n) is 4.59. The van der Waals surface area contributed by atoms with Crippen LogP contribution in [0, 0.1) is 0 Å². The van der Waals surface area contributed by atoms with Crippen LogP contribution in [0.3, 0.4) is 0 Å². The zero-order valence-electron chi connectivity index (χ0n) is 14.6. The van der Waals surface area contributed by atoms with Gasteiger partial charge in [0.05, 0.1) is 12.1 Å². The molecule has 0 aromatic carbocycles. The van der Waals surface area contributed by atoms with E-state index in [2.05, 4.69) is 29.1 Å². The Hall–Kier alpha value is -2.64. The monoisotopic (exact) mass is 344 g/mol. The first-order valence-corrected chi connectivity index (χ1v) is 8.61. The molecule has 1 unspecified atom stereocenters. The van der Waals surface area contributed by atoms with Crippen LogP contribution in [-0.4, -0.2) is 49.8 Å². The summed E-state index contributed by atoms with van der Waals surface area (Å²) in [5, 5.41) is 11.3. The highest BCUT2D eigenvalue weighted by Crippen LogP contribution is 2.26. The molecule has 0 aliphatic carbocycles. The van der Waals surface area contributed by atoms with E-state index in [-0.39, 0.29) is 23.6 Å². The number of likely N-dealkylation sites (tertiary alicyclic amines) is 1. The first-order chi connectivity index (χ1) is 11.9. The van der Waals surface area contributed by atoms with E-state index in [0.29, 0.717) is 13.0 Å². The standard InChI is InChI=1S/C17H24N6O2/c1-11(2)23-7-5-13(21-23)8-16(24)22-6-3-4-12(10-22)14-9-15(17(18)25)20-19-14/h5,7,9,11-12H,3-4,6,8,10H2,1-2H3,(H2,18,25)(H,19,20). The van der Waals surface area contributed by atoms with Crippen molar-refractivity contribution in [2.45, 2.75) is 45.1 Å². The number of aromatic amines is 1. The zero-order chi connectivity index (χ0) is 18.0. The second-order valence-corrected chi connectivity index (χ2v) is 6.81. The number of primary amides is 1. The van der Waals surface area contributed by atoms with Crippen molar-refractivity contribution >= 4 is 11.8 Å². The van der Waals surface area contributed by atoms with E-state index in [0.717, 1.165) is 30.8 Å². The molecule has 25 heavy (non-hydrogen) atoms. The topological polar surface area (TPSA) is 110 Å². The predicted molar refractivity (Wildman–Crippen MR) is 92.0 cm³/mol. The van der Waals surface area contributed by atoms with Crippen molar-refractivity contribution in [2.75, 3.05) is 13.1 Å². The molecule has 1 aliphatic heterocycles. The summed E-state index contributed by atoms with van der Waals surface area (Å²) in [7, 11) is 0. The summed E-state index contributed by atoms with van der Waals surface area (Å²) >= 11 is 0. The molecule has 1 fully saturated rings. The van der Waals surface area contributed by atoms with E-state index in [1.54, 1.807) is 6.07 Å². The average molecular weight is 344 g/mol. The normalized spacial score (nSPS) is 17.9. The number of carbonyl (C=O) groups is 2. The maximum Gasteiger partial charge on any atom is 0.269 e. The molecule has 0 bridgehead atoms. The Labute approximate surface area is 146 Å². The summed E-state index contributed by atoms with van der Waals surface area (Å²) in [6.45, 7) is 5.47. The lowest BCUT2D eigenvalue weighted by Crippen LogP contribution is -2.40.